The van der Waals surface area contributed by atoms with Crippen molar-refractivity contribution in [3.05, 3.63) is 0 Å². The highest BCUT2D eigenvalue weighted by molar-refractivity contribution is 5.81. The number of carbonyl (C=O) groups is 1. The van der Waals surface area contributed by atoms with Crippen molar-refractivity contribution in [2.24, 2.45) is 0 Å². The van der Waals surface area contributed by atoms with E-state index < -0.39 is 0 Å². The van der Waals surface area contributed by atoms with E-state index >= 15 is 0 Å². The van der Waals surface area contributed by atoms with Gasteiger partial charge in [-0.05, 0) is 12.8 Å². The third-order valence-electron chi connectivity index (χ3n) is 2.86. The van der Waals surface area contributed by atoms with Crippen molar-refractivity contribution in [2.75, 3.05) is 32.8 Å². The zero-order valence-electron chi connectivity index (χ0n) is 9.00. The summed E-state index contributed by atoms with van der Waals surface area (Å²) in [6, 6.07) is -0.180. The molecule has 2 fully saturated rings. The van der Waals surface area contributed by atoms with Gasteiger partial charge in [-0.2, -0.15) is 0 Å². The molecule has 0 aromatic rings. The maximum atomic E-state index is 11.8. The molecule has 86 valence electrons. The van der Waals surface area contributed by atoms with Gasteiger partial charge in [0.05, 0.1) is 13.2 Å². The summed E-state index contributed by atoms with van der Waals surface area (Å²) >= 11 is 0. The number of amides is 1. The van der Waals surface area contributed by atoms with Gasteiger partial charge in [-0.1, -0.05) is 6.42 Å². The largest absolute Gasteiger partial charge is 0.378 e. The van der Waals surface area contributed by atoms with E-state index in [1.54, 1.807) is 0 Å². The number of hydrogen-bond donors (Lipinski definition) is 2. The van der Waals surface area contributed by atoms with Crippen LogP contribution in [0.3, 0.4) is 0 Å². The molecule has 2 heterocycles. The molecule has 0 bridgehead atoms. The molecule has 1 atom stereocenters. The number of carbonyl (C=O) groups excluding carboxylic acids is 1. The lowest BCUT2D eigenvalue weighted by atomic mass is 10.2. The van der Waals surface area contributed by atoms with Gasteiger partial charge >= 0.3 is 0 Å². The molecule has 0 saturated carbocycles. The fourth-order valence-corrected chi connectivity index (χ4v) is 1.97. The van der Waals surface area contributed by atoms with E-state index in [9.17, 15) is 4.79 Å². The molecule has 0 spiro atoms. The Balaban J connectivity index is 1.74. The molecule has 2 aliphatic rings. The average molecular weight is 213 g/mol. The van der Waals surface area contributed by atoms with Gasteiger partial charge in [0, 0.05) is 19.6 Å². The minimum absolute atomic E-state index is 0.0385. The molecular formula is C10H19N3O2. The van der Waals surface area contributed by atoms with Crippen molar-refractivity contribution < 1.29 is 9.53 Å². The van der Waals surface area contributed by atoms with E-state index in [0.717, 1.165) is 19.6 Å². The standard InChI is InChI=1S/C10H19N3O2/c14-10(9-8-15-7-4-11-9)12-13-5-2-1-3-6-13/h9,11H,1-8H2,(H,12,14). The van der Waals surface area contributed by atoms with Crippen LogP contribution in [0.1, 0.15) is 19.3 Å². The van der Waals surface area contributed by atoms with Crippen LogP contribution in [0.2, 0.25) is 0 Å². The van der Waals surface area contributed by atoms with Crippen molar-refractivity contribution >= 4 is 5.91 Å². The SMILES string of the molecule is O=C(NN1CCCCC1)C1COCCN1. The molecule has 5 heteroatoms. The highest BCUT2D eigenvalue weighted by Crippen LogP contribution is 2.06. The molecule has 2 saturated heterocycles. The third kappa shape index (κ3) is 3.15. The highest BCUT2D eigenvalue weighted by atomic mass is 16.5. The Bertz CT molecular complexity index is 211. The van der Waals surface area contributed by atoms with Crippen LogP contribution in [0.25, 0.3) is 0 Å². The van der Waals surface area contributed by atoms with E-state index in [-0.39, 0.29) is 11.9 Å². The van der Waals surface area contributed by atoms with Crippen LogP contribution < -0.4 is 10.7 Å². The normalized spacial score (nSPS) is 28.7. The molecule has 2 N–H and O–H groups in total. The molecule has 0 radical (unpaired) electrons. The first-order valence-electron chi connectivity index (χ1n) is 5.73. The summed E-state index contributed by atoms with van der Waals surface area (Å²) in [5, 5.41) is 5.16. The van der Waals surface area contributed by atoms with Gasteiger partial charge in [0.25, 0.3) is 5.91 Å². The number of nitrogens with one attached hydrogen (secondary N) is 2. The number of hydrogen-bond acceptors (Lipinski definition) is 4. The van der Waals surface area contributed by atoms with Crippen molar-refractivity contribution in [2.45, 2.75) is 25.3 Å². The topological polar surface area (TPSA) is 53.6 Å². The van der Waals surface area contributed by atoms with Crippen LogP contribution in [-0.2, 0) is 9.53 Å². The molecule has 2 rings (SSSR count). The Morgan fingerprint density at radius 2 is 2.13 bits per heavy atom. The van der Waals surface area contributed by atoms with E-state index in [2.05, 4.69) is 10.7 Å². The monoisotopic (exact) mass is 213 g/mol. The Morgan fingerprint density at radius 1 is 1.33 bits per heavy atom. The summed E-state index contributed by atoms with van der Waals surface area (Å²) in [5.74, 6) is 0.0385. The Morgan fingerprint density at radius 3 is 2.80 bits per heavy atom. The second kappa shape index (κ2) is 5.44. The number of rotatable bonds is 2. The summed E-state index contributed by atoms with van der Waals surface area (Å²) in [5.41, 5.74) is 2.94. The first kappa shape index (κ1) is 10.9. The average Bonchev–Trinajstić information content (AvgIpc) is 2.31. The summed E-state index contributed by atoms with van der Waals surface area (Å²) in [6.07, 6.45) is 3.63. The van der Waals surface area contributed by atoms with Crippen LogP contribution in [0.4, 0.5) is 0 Å². The van der Waals surface area contributed by atoms with Crippen LogP contribution in [0.5, 0.6) is 0 Å². The maximum Gasteiger partial charge on any atom is 0.253 e. The zero-order valence-corrected chi connectivity index (χ0v) is 9.00. The molecule has 1 amide bonds. The number of hydrazine groups is 1. The summed E-state index contributed by atoms with van der Waals surface area (Å²) in [7, 11) is 0. The Hall–Kier alpha value is -0.650. The van der Waals surface area contributed by atoms with Crippen molar-refractivity contribution in [1.29, 1.82) is 0 Å². The fourth-order valence-electron chi connectivity index (χ4n) is 1.97. The molecular weight excluding hydrogens is 194 g/mol. The number of ether oxygens (including phenoxy) is 1. The van der Waals surface area contributed by atoms with E-state index in [1.165, 1.54) is 19.3 Å². The van der Waals surface area contributed by atoms with Gasteiger partial charge in [0.1, 0.15) is 6.04 Å². The molecule has 0 aromatic carbocycles. The number of piperidine rings is 1. The number of morpholine rings is 1. The van der Waals surface area contributed by atoms with Gasteiger partial charge in [0.15, 0.2) is 0 Å². The second-order valence-corrected chi connectivity index (χ2v) is 4.11. The van der Waals surface area contributed by atoms with Gasteiger partial charge in [-0.25, -0.2) is 5.01 Å². The van der Waals surface area contributed by atoms with Gasteiger partial charge in [-0.3, -0.25) is 10.2 Å². The minimum atomic E-state index is -0.180. The lowest BCUT2D eigenvalue weighted by molar-refractivity contribution is -0.131. The molecule has 15 heavy (non-hydrogen) atoms. The van der Waals surface area contributed by atoms with Crippen LogP contribution in [0.15, 0.2) is 0 Å². The van der Waals surface area contributed by atoms with Gasteiger partial charge < -0.3 is 10.1 Å². The Labute approximate surface area is 90.1 Å². The summed E-state index contributed by atoms with van der Waals surface area (Å²) < 4.78 is 5.25. The maximum absolute atomic E-state index is 11.8. The van der Waals surface area contributed by atoms with E-state index in [1.807, 2.05) is 5.01 Å². The predicted octanol–water partition coefficient (Wildman–Crippen LogP) is -0.508. The van der Waals surface area contributed by atoms with Crippen LogP contribution in [0, 0.1) is 0 Å². The quantitative estimate of drug-likeness (QED) is 0.649. The molecule has 2 aliphatic heterocycles. The van der Waals surface area contributed by atoms with Crippen molar-refractivity contribution in [3.8, 4) is 0 Å². The predicted molar refractivity (Wildman–Crippen MR) is 56.2 cm³/mol. The van der Waals surface area contributed by atoms with Gasteiger partial charge in [0.2, 0.25) is 0 Å². The second-order valence-electron chi connectivity index (χ2n) is 4.11. The smallest absolute Gasteiger partial charge is 0.253 e. The van der Waals surface area contributed by atoms with Crippen molar-refractivity contribution in [3.63, 3.8) is 0 Å². The van der Waals surface area contributed by atoms with Gasteiger partial charge in [-0.15, -0.1) is 0 Å². The molecule has 0 aromatic heterocycles. The first-order valence-corrected chi connectivity index (χ1v) is 5.73. The van der Waals surface area contributed by atoms with E-state index in [4.69, 9.17) is 4.74 Å². The van der Waals surface area contributed by atoms with E-state index in [0.29, 0.717) is 13.2 Å². The Kier molecular flexibility index (Phi) is 3.94. The van der Waals surface area contributed by atoms with Crippen molar-refractivity contribution in [1.82, 2.24) is 15.8 Å². The molecule has 0 aliphatic carbocycles. The fraction of sp³-hybridized carbons (Fsp3) is 0.900. The zero-order chi connectivity index (χ0) is 10.5. The summed E-state index contributed by atoms with van der Waals surface area (Å²) in [4.78, 5) is 11.8. The molecule has 1 unspecified atom stereocenters. The van der Waals surface area contributed by atoms with Crippen LogP contribution in [-0.4, -0.2) is 49.8 Å². The lowest BCUT2D eigenvalue weighted by Gasteiger charge is -2.30. The number of nitrogens with zero attached hydrogens (tertiary/aromatic N) is 1. The minimum Gasteiger partial charge on any atom is -0.378 e. The first-order chi connectivity index (χ1) is 7.36. The molecule has 5 nitrogen and oxygen atoms in total. The highest BCUT2D eigenvalue weighted by Gasteiger charge is 2.23. The van der Waals surface area contributed by atoms with Crippen LogP contribution >= 0.6 is 0 Å². The third-order valence-corrected chi connectivity index (χ3v) is 2.86. The summed E-state index contributed by atoms with van der Waals surface area (Å²) in [6.45, 7) is 3.89. The lowest BCUT2D eigenvalue weighted by Crippen LogP contribution is -2.56.